The van der Waals surface area contributed by atoms with Gasteiger partial charge >= 0.3 is 0 Å². The average molecular weight is 375 g/mol. The van der Waals surface area contributed by atoms with Crippen molar-refractivity contribution in [3.8, 4) is 5.75 Å². The lowest BCUT2D eigenvalue weighted by atomic mass is 9.76. The van der Waals surface area contributed by atoms with Crippen LogP contribution < -0.4 is 4.74 Å². The summed E-state index contributed by atoms with van der Waals surface area (Å²) in [6.07, 6.45) is 0.725. The number of ether oxygens (including phenoxy) is 2. The average Bonchev–Trinajstić information content (AvgIpc) is 2.63. The van der Waals surface area contributed by atoms with E-state index in [1.165, 1.54) is 24.8 Å². The smallest absolute Gasteiger partial charge is 0.190 e. The zero-order valence-electron chi connectivity index (χ0n) is 15.2. The molecule has 6 heteroatoms. The predicted octanol–water partition coefficient (Wildman–Crippen LogP) is 3.22. The molecule has 0 saturated carbocycles. The van der Waals surface area contributed by atoms with Gasteiger partial charge in [0.1, 0.15) is 0 Å². The molecule has 2 aliphatic rings. The van der Waals surface area contributed by atoms with Gasteiger partial charge < -0.3 is 14.6 Å². The summed E-state index contributed by atoms with van der Waals surface area (Å²) in [5, 5.41) is 11.3. The Morgan fingerprint density at radius 2 is 1.70 bits per heavy atom. The molecule has 2 bridgehead atoms. The Hall–Kier alpha value is -2.02. The molecule has 2 aromatic rings. The van der Waals surface area contributed by atoms with Crippen molar-refractivity contribution in [1.29, 1.82) is 0 Å². The number of halogens is 2. The summed E-state index contributed by atoms with van der Waals surface area (Å²) in [6, 6.07) is 12.5. The fourth-order valence-corrected chi connectivity index (χ4v) is 4.36. The molecule has 2 fully saturated rings. The largest absolute Gasteiger partial charge is 0.491 e. The molecule has 2 unspecified atom stereocenters. The molecule has 2 aromatic carbocycles. The fourth-order valence-electron chi connectivity index (χ4n) is 4.36. The summed E-state index contributed by atoms with van der Waals surface area (Å²) in [5.74, 6) is -2.02. The highest BCUT2D eigenvalue weighted by Crippen LogP contribution is 2.42. The van der Waals surface area contributed by atoms with E-state index in [1.54, 1.807) is 0 Å². The minimum atomic E-state index is -1.29. The Labute approximate surface area is 157 Å². The van der Waals surface area contributed by atoms with Crippen molar-refractivity contribution in [2.24, 2.45) is 0 Å². The molecule has 2 saturated heterocycles. The number of aliphatic hydroxyl groups is 1. The minimum absolute atomic E-state index is 0.0177. The topological polar surface area (TPSA) is 41.9 Å². The van der Waals surface area contributed by atoms with Crippen LogP contribution in [0.5, 0.6) is 5.75 Å². The second-order valence-electron chi connectivity index (χ2n) is 7.42. The van der Waals surface area contributed by atoms with Crippen LogP contribution in [0.15, 0.2) is 42.5 Å². The van der Waals surface area contributed by atoms with Crippen LogP contribution in [0.25, 0.3) is 0 Å². The molecule has 0 aromatic heterocycles. The van der Waals surface area contributed by atoms with Crippen molar-refractivity contribution in [2.75, 3.05) is 20.3 Å². The van der Waals surface area contributed by atoms with Gasteiger partial charge in [-0.25, -0.2) is 8.78 Å². The monoisotopic (exact) mass is 375 g/mol. The van der Waals surface area contributed by atoms with Gasteiger partial charge in [-0.15, -0.1) is 0 Å². The molecule has 0 aliphatic carbocycles. The van der Waals surface area contributed by atoms with Crippen LogP contribution in [0.2, 0.25) is 0 Å². The van der Waals surface area contributed by atoms with Gasteiger partial charge in [0, 0.05) is 18.6 Å². The van der Waals surface area contributed by atoms with Crippen molar-refractivity contribution >= 4 is 0 Å². The normalized spacial score (nSPS) is 28.1. The van der Waals surface area contributed by atoms with Gasteiger partial charge in [0.25, 0.3) is 0 Å². The molecule has 4 rings (SSSR count). The van der Waals surface area contributed by atoms with Crippen molar-refractivity contribution in [3.63, 3.8) is 0 Å². The van der Waals surface area contributed by atoms with Crippen molar-refractivity contribution in [2.45, 2.75) is 37.1 Å². The zero-order chi connectivity index (χ0) is 19.0. The first-order chi connectivity index (χ1) is 13.0. The summed E-state index contributed by atoms with van der Waals surface area (Å²) in [4.78, 5) is 2.34. The predicted molar refractivity (Wildman–Crippen MR) is 96.4 cm³/mol. The third-order valence-electron chi connectivity index (χ3n) is 5.65. The van der Waals surface area contributed by atoms with E-state index in [4.69, 9.17) is 9.47 Å². The van der Waals surface area contributed by atoms with Gasteiger partial charge in [0.15, 0.2) is 17.4 Å². The van der Waals surface area contributed by atoms with Gasteiger partial charge in [0.2, 0.25) is 0 Å². The van der Waals surface area contributed by atoms with Crippen molar-refractivity contribution < 1.29 is 23.4 Å². The molecular formula is C21H23F2NO3. The number of benzene rings is 2. The minimum Gasteiger partial charge on any atom is -0.491 e. The summed E-state index contributed by atoms with van der Waals surface area (Å²) in [7, 11) is 1.22. The molecule has 27 heavy (non-hydrogen) atoms. The number of hydrogen-bond acceptors (Lipinski definition) is 4. The molecule has 2 atom stereocenters. The van der Waals surface area contributed by atoms with Gasteiger partial charge in [-0.05, 0) is 36.1 Å². The van der Waals surface area contributed by atoms with Crippen LogP contribution in [-0.2, 0) is 16.9 Å². The van der Waals surface area contributed by atoms with Crippen LogP contribution in [0.3, 0.4) is 0 Å². The van der Waals surface area contributed by atoms with Gasteiger partial charge in [-0.3, -0.25) is 4.90 Å². The number of hydrogen-bond donors (Lipinski definition) is 1. The fraction of sp³-hybridized carbons (Fsp3) is 0.429. The maximum Gasteiger partial charge on any atom is 0.190 e. The first-order valence-corrected chi connectivity index (χ1v) is 9.13. The highest BCUT2D eigenvalue weighted by atomic mass is 19.1. The van der Waals surface area contributed by atoms with E-state index in [-0.39, 0.29) is 17.6 Å². The highest BCUT2D eigenvalue weighted by Gasteiger charge is 2.47. The molecule has 144 valence electrons. The van der Waals surface area contributed by atoms with Crippen LogP contribution in [0, 0.1) is 11.6 Å². The first-order valence-electron chi connectivity index (χ1n) is 9.13. The second kappa shape index (κ2) is 7.19. The van der Waals surface area contributed by atoms with Crippen LogP contribution in [0.1, 0.15) is 24.0 Å². The number of fused-ring (bicyclic) bond motifs is 2. The van der Waals surface area contributed by atoms with E-state index in [9.17, 15) is 13.9 Å². The third kappa shape index (κ3) is 3.45. The molecule has 2 aliphatic heterocycles. The van der Waals surface area contributed by atoms with E-state index in [0.29, 0.717) is 26.1 Å². The Kier molecular flexibility index (Phi) is 4.88. The van der Waals surface area contributed by atoms with Crippen LogP contribution in [-0.4, -0.2) is 42.4 Å². The Balaban J connectivity index is 1.61. The van der Waals surface area contributed by atoms with E-state index < -0.39 is 23.0 Å². The van der Waals surface area contributed by atoms with Gasteiger partial charge in [0.05, 0.1) is 25.9 Å². The Morgan fingerprint density at radius 1 is 1.11 bits per heavy atom. The molecule has 1 N–H and O–H groups in total. The third-order valence-corrected chi connectivity index (χ3v) is 5.65. The Morgan fingerprint density at radius 3 is 2.26 bits per heavy atom. The van der Waals surface area contributed by atoms with Gasteiger partial charge in [-0.2, -0.15) is 0 Å². The van der Waals surface area contributed by atoms with E-state index in [2.05, 4.69) is 17.0 Å². The number of morpholine rings is 1. The van der Waals surface area contributed by atoms with Gasteiger partial charge in [-0.1, -0.05) is 30.3 Å². The molecule has 0 radical (unpaired) electrons. The second-order valence-corrected chi connectivity index (χ2v) is 7.42. The summed E-state index contributed by atoms with van der Waals surface area (Å²) >= 11 is 0. The molecule has 2 heterocycles. The molecule has 0 spiro atoms. The number of methoxy groups -OCH3 is 1. The van der Waals surface area contributed by atoms with Crippen LogP contribution >= 0.6 is 0 Å². The van der Waals surface area contributed by atoms with Crippen molar-refractivity contribution in [3.05, 3.63) is 65.2 Å². The van der Waals surface area contributed by atoms with E-state index in [0.717, 1.165) is 6.54 Å². The lowest BCUT2D eigenvalue weighted by molar-refractivity contribution is -0.149. The quantitative estimate of drug-likeness (QED) is 0.891. The highest BCUT2D eigenvalue weighted by molar-refractivity contribution is 5.35. The summed E-state index contributed by atoms with van der Waals surface area (Å²) in [5.41, 5.74) is 0.163. The number of nitrogens with zero attached hydrogens (tertiary/aromatic N) is 1. The summed E-state index contributed by atoms with van der Waals surface area (Å²) in [6.45, 7) is 1.75. The zero-order valence-corrected chi connectivity index (χ0v) is 15.2. The van der Waals surface area contributed by atoms with E-state index >= 15 is 0 Å². The Bertz CT molecular complexity index is 777. The lowest BCUT2D eigenvalue weighted by Gasteiger charge is -2.52. The molecule has 4 nitrogen and oxygen atoms in total. The SMILES string of the molecule is COc1c(F)cc(C2(O)CC3COCC(C2)N3Cc2ccccc2)cc1F. The standard InChI is InChI=1S/C21H23F2NO3/c1-26-20-18(22)7-15(8-19(20)23)21(25)9-16-12-27-13-17(10-21)24(16)11-14-5-3-2-4-6-14/h2-8,16-17,25H,9-13H2,1H3. The number of piperidine rings is 1. The van der Waals surface area contributed by atoms with E-state index in [1.807, 2.05) is 18.2 Å². The van der Waals surface area contributed by atoms with Crippen molar-refractivity contribution in [1.82, 2.24) is 4.90 Å². The molecular weight excluding hydrogens is 352 g/mol. The molecule has 0 amide bonds. The maximum atomic E-state index is 14.2. The number of rotatable bonds is 4. The first kappa shape index (κ1) is 18.3. The summed E-state index contributed by atoms with van der Waals surface area (Å²) < 4.78 is 38.8. The van der Waals surface area contributed by atoms with Crippen LogP contribution in [0.4, 0.5) is 8.78 Å². The lowest BCUT2D eigenvalue weighted by Crippen LogP contribution is -2.60. The maximum absolute atomic E-state index is 14.2.